The molecule has 4 fully saturated rings. The van der Waals surface area contributed by atoms with Gasteiger partial charge in [0.15, 0.2) is 0 Å². The molecule has 0 aromatic rings. The molecular weight excluding hydrogens is 384 g/mol. The van der Waals surface area contributed by atoms with Gasteiger partial charge in [0.25, 0.3) is 0 Å². The van der Waals surface area contributed by atoms with Gasteiger partial charge in [-0.15, -0.1) is 0 Å². The van der Waals surface area contributed by atoms with Crippen LogP contribution >= 0.6 is 11.8 Å². The summed E-state index contributed by atoms with van der Waals surface area (Å²) in [5.41, 5.74) is 0. The van der Waals surface area contributed by atoms with Crippen LogP contribution in [0.2, 0.25) is 0 Å². The normalized spacial score (nSPS) is 36.0. The highest BCUT2D eigenvalue weighted by molar-refractivity contribution is 7.99. The third-order valence-corrected chi connectivity index (χ3v) is 8.53. The number of unbranched alkanes of at least 4 members (excludes halogenated alkanes) is 3. The van der Waals surface area contributed by atoms with Crippen molar-refractivity contribution in [3.8, 4) is 0 Å². The molecule has 1 N–H and O–H groups in total. The molecule has 0 amide bonds. The minimum absolute atomic E-state index is 0.308. The largest absolute Gasteiger partial charge is 0.481 e. The molecule has 0 radical (unpaired) electrons. The molecule has 0 spiro atoms. The number of allylic oxidation sites excluding steroid dienone is 1. The van der Waals surface area contributed by atoms with Crippen LogP contribution in [0.15, 0.2) is 12.2 Å². The molecular formula is C24H38O4S. The van der Waals surface area contributed by atoms with E-state index in [4.69, 9.17) is 14.6 Å². The summed E-state index contributed by atoms with van der Waals surface area (Å²) in [5.74, 6) is 3.85. The molecule has 1 aliphatic carbocycles. The molecule has 0 aromatic carbocycles. The predicted octanol–water partition coefficient (Wildman–Crippen LogP) is 5.45. The molecule has 4 rings (SSSR count). The highest BCUT2D eigenvalue weighted by Crippen LogP contribution is 2.55. The van der Waals surface area contributed by atoms with E-state index in [1.807, 2.05) is 0 Å². The van der Waals surface area contributed by atoms with Crippen LogP contribution < -0.4 is 0 Å². The van der Waals surface area contributed by atoms with Crippen molar-refractivity contribution < 1.29 is 19.4 Å². The first-order chi connectivity index (χ1) is 14.2. The van der Waals surface area contributed by atoms with E-state index in [0.717, 1.165) is 30.9 Å². The van der Waals surface area contributed by atoms with Crippen molar-refractivity contribution in [3.63, 3.8) is 0 Å². The Morgan fingerprint density at radius 3 is 2.41 bits per heavy atom. The lowest BCUT2D eigenvalue weighted by Gasteiger charge is -2.25. The molecule has 0 aromatic heterocycles. The van der Waals surface area contributed by atoms with Crippen LogP contribution in [0, 0.1) is 17.8 Å². The molecule has 2 bridgehead atoms. The monoisotopic (exact) mass is 422 g/mol. The van der Waals surface area contributed by atoms with E-state index in [9.17, 15) is 4.79 Å². The zero-order valence-corrected chi connectivity index (χ0v) is 18.5. The number of aliphatic carboxylic acids is 1. The molecule has 4 nitrogen and oxygen atoms in total. The maximum atomic E-state index is 10.6. The number of carboxylic acids is 1. The van der Waals surface area contributed by atoms with E-state index in [0.29, 0.717) is 42.7 Å². The number of hydrogen-bond acceptors (Lipinski definition) is 4. The van der Waals surface area contributed by atoms with Crippen molar-refractivity contribution in [2.75, 3.05) is 11.5 Å². The lowest BCUT2D eigenvalue weighted by atomic mass is 9.77. The SMILES string of the molecule is O=C(O)CCCCCCC1C(CSC/C=C/CC2CCCCC2)C2OC1C1OC21. The first-order valence-corrected chi connectivity index (χ1v) is 13.1. The molecule has 1 saturated carbocycles. The van der Waals surface area contributed by atoms with Crippen LogP contribution in [0.5, 0.6) is 0 Å². The minimum Gasteiger partial charge on any atom is -0.481 e. The molecule has 3 heterocycles. The third kappa shape index (κ3) is 5.80. The van der Waals surface area contributed by atoms with Gasteiger partial charge in [-0.1, -0.05) is 63.5 Å². The number of rotatable bonds is 13. The van der Waals surface area contributed by atoms with E-state index < -0.39 is 5.97 Å². The lowest BCUT2D eigenvalue weighted by Crippen LogP contribution is -2.34. The molecule has 4 aliphatic rings. The number of carboxylic acid groups (broad SMARTS) is 1. The Morgan fingerprint density at radius 2 is 1.62 bits per heavy atom. The fourth-order valence-electron chi connectivity index (χ4n) is 5.84. The molecule has 164 valence electrons. The van der Waals surface area contributed by atoms with E-state index >= 15 is 0 Å². The van der Waals surface area contributed by atoms with Crippen LogP contribution in [0.4, 0.5) is 0 Å². The highest BCUT2D eigenvalue weighted by atomic mass is 32.2. The maximum absolute atomic E-state index is 10.6. The van der Waals surface area contributed by atoms with Gasteiger partial charge in [0.2, 0.25) is 0 Å². The Morgan fingerprint density at radius 1 is 0.897 bits per heavy atom. The summed E-state index contributed by atoms with van der Waals surface area (Å²) in [4.78, 5) is 10.6. The molecule has 3 saturated heterocycles. The summed E-state index contributed by atoms with van der Waals surface area (Å²) >= 11 is 2.06. The van der Waals surface area contributed by atoms with Crippen molar-refractivity contribution >= 4 is 17.7 Å². The summed E-state index contributed by atoms with van der Waals surface area (Å²) in [6.45, 7) is 0. The third-order valence-electron chi connectivity index (χ3n) is 7.48. The average molecular weight is 423 g/mol. The fourth-order valence-corrected chi connectivity index (χ4v) is 6.95. The Hall–Kier alpha value is -0.520. The first-order valence-electron chi connectivity index (χ1n) is 12.0. The van der Waals surface area contributed by atoms with Gasteiger partial charge in [-0.2, -0.15) is 11.8 Å². The zero-order valence-electron chi connectivity index (χ0n) is 17.7. The second-order valence-corrected chi connectivity index (χ2v) is 10.6. The fraction of sp³-hybridized carbons (Fsp3) is 0.875. The van der Waals surface area contributed by atoms with Gasteiger partial charge in [-0.25, -0.2) is 0 Å². The number of epoxide rings is 1. The molecule has 6 atom stereocenters. The Bertz CT molecular complexity index is 559. The van der Waals surface area contributed by atoms with Crippen molar-refractivity contribution in [3.05, 3.63) is 12.2 Å². The summed E-state index contributed by atoms with van der Waals surface area (Å²) in [6, 6.07) is 0. The molecule has 6 unspecified atom stereocenters. The predicted molar refractivity (Wildman–Crippen MR) is 117 cm³/mol. The van der Waals surface area contributed by atoms with E-state index in [2.05, 4.69) is 23.9 Å². The van der Waals surface area contributed by atoms with Crippen LogP contribution in [-0.4, -0.2) is 47.0 Å². The van der Waals surface area contributed by atoms with Crippen molar-refractivity contribution in [2.24, 2.45) is 17.8 Å². The van der Waals surface area contributed by atoms with Crippen molar-refractivity contribution in [2.45, 2.75) is 101 Å². The van der Waals surface area contributed by atoms with Crippen LogP contribution in [0.3, 0.4) is 0 Å². The summed E-state index contributed by atoms with van der Waals surface area (Å²) in [6.07, 6.45) is 20.4. The van der Waals surface area contributed by atoms with Gasteiger partial charge < -0.3 is 14.6 Å². The Labute approximate surface area is 180 Å². The van der Waals surface area contributed by atoms with E-state index in [1.54, 1.807) is 0 Å². The van der Waals surface area contributed by atoms with Crippen LogP contribution in [-0.2, 0) is 14.3 Å². The summed E-state index contributed by atoms with van der Waals surface area (Å²) in [7, 11) is 0. The maximum Gasteiger partial charge on any atom is 0.303 e. The zero-order chi connectivity index (χ0) is 20.1. The van der Waals surface area contributed by atoms with Crippen LogP contribution in [0.1, 0.15) is 77.0 Å². The number of ether oxygens (including phenoxy) is 2. The van der Waals surface area contributed by atoms with E-state index in [-0.39, 0.29) is 0 Å². The van der Waals surface area contributed by atoms with Crippen molar-refractivity contribution in [1.29, 1.82) is 0 Å². The van der Waals surface area contributed by atoms with Gasteiger partial charge in [0.1, 0.15) is 12.2 Å². The van der Waals surface area contributed by atoms with Gasteiger partial charge in [-0.05, 0) is 36.9 Å². The molecule has 3 aliphatic heterocycles. The van der Waals surface area contributed by atoms with Gasteiger partial charge in [0.05, 0.1) is 12.2 Å². The number of hydrogen-bond donors (Lipinski definition) is 1. The first kappa shape index (κ1) is 21.7. The number of carbonyl (C=O) groups is 1. The molecule has 29 heavy (non-hydrogen) atoms. The van der Waals surface area contributed by atoms with E-state index in [1.165, 1.54) is 57.1 Å². The summed E-state index contributed by atoms with van der Waals surface area (Å²) < 4.78 is 12.2. The minimum atomic E-state index is -0.673. The quantitative estimate of drug-likeness (QED) is 0.243. The average Bonchev–Trinajstić information content (AvgIpc) is 3.35. The second-order valence-electron chi connectivity index (χ2n) is 9.55. The topological polar surface area (TPSA) is 59.1 Å². The standard InChI is InChI=1S/C24H38O4S/c25-20(26)14-7-2-1-6-13-18-19(22-24-23(28-24)21(18)27-22)16-29-15-9-8-12-17-10-4-3-5-11-17/h8-9,17-19,21-24H,1-7,10-16H2,(H,25,26)/b9-8+. The second kappa shape index (κ2) is 10.7. The van der Waals surface area contributed by atoms with Gasteiger partial charge >= 0.3 is 5.97 Å². The Kier molecular flexibility index (Phi) is 7.99. The number of fused-ring (bicyclic) bond motifs is 5. The van der Waals surface area contributed by atoms with Crippen LogP contribution in [0.25, 0.3) is 0 Å². The lowest BCUT2D eigenvalue weighted by molar-refractivity contribution is -0.137. The molecule has 5 heteroatoms. The Balaban J connectivity index is 1.13. The highest BCUT2D eigenvalue weighted by Gasteiger charge is 2.68. The van der Waals surface area contributed by atoms with Gasteiger partial charge in [-0.3, -0.25) is 4.79 Å². The number of thioether (sulfide) groups is 1. The summed E-state index contributed by atoms with van der Waals surface area (Å²) in [5, 5.41) is 8.75. The smallest absolute Gasteiger partial charge is 0.303 e. The van der Waals surface area contributed by atoms with Crippen molar-refractivity contribution in [1.82, 2.24) is 0 Å². The van der Waals surface area contributed by atoms with Gasteiger partial charge in [0, 0.05) is 18.1 Å².